The maximum absolute atomic E-state index is 12.8. The van der Waals surface area contributed by atoms with Crippen LogP contribution in [0.1, 0.15) is 5.69 Å². The van der Waals surface area contributed by atoms with Crippen LogP contribution in [-0.4, -0.2) is 29.7 Å². The Bertz CT molecular complexity index is 1110. The van der Waals surface area contributed by atoms with Gasteiger partial charge in [0.15, 0.2) is 5.69 Å². The number of pyridine rings is 1. The Kier molecular flexibility index (Phi) is 4.18. The third kappa shape index (κ3) is 3.63. The number of nitrogens with zero attached hydrogens (tertiary/aromatic N) is 5. The highest BCUT2D eigenvalue weighted by atomic mass is 19.4. The summed E-state index contributed by atoms with van der Waals surface area (Å²) in [5.74, 6) is 0.0740. The fourth-order valence-electron chi connectivity index (χ4n) is 2.33. The number of hydrogen-bond acceptors (Lipinski definition) is 7. The average Bonchev–Trinajstić information content (AvgIpc) is 3.07. The molecule has 0 aliphatic carbocycles. The first-order chi connectivity index (χ1) is 13.4. The summed E-state index contributed by atoms with van der Waals surface area (Å²) in [5.41, 5.74) is -0.692. The minimum absolute atomic E-state index is 0.0232. The van der Waals surface area contributed by atoms with Crippen LogP contribution in [-0.2, 0) is 6.18 Å². The normalized spacial score (nSPS) is 11.5. The molecule has 0 saturated carbocycles. The first-order valence-corrected chi connectivity index (χ1v) is 7.87. The van der Waals surface area contributed by atoms with Gasteiger partial charge in [-0.05, 0) is 36.4 Å². The zero-order valence-electron chi connectivity index (χ0n) is 13.9. The molecule has 0 amide bonds. The average molecular weight is 388 g/mol. The van der Waals surface area contributed by atoms with E-state index in [2.05, 4.69) is 25.4 Å². The molecule has 8 nitrogen and oxygen atoms in total. The number of aromatic nitrogens is 5. The molecule has 2 N–H and O–H groups in total. The molecule has 28 heavy (non-hydrogen) atoms. The van der Waals surface area contributed by atoms with Crippen molar-refractivity contribution in [2.45, 2.75) is 6.18 Å². The van der Waals surface area contributed by atoms with Gasteiger partial charge in [-0.25, -0.2) is 4.98 Å². The van der Waals surface area contributed by atoms with Crippen molar-refractivity contribution in [3.63, 3.8) is 0 Å². The molecule has 1 aromatic carbocycles. The van der Waals surface area contributed by atoms with E-state index in [-0.39, 0.29) is 11.7 Å². The van der Waals surface area contributed by atoms with Crippen LogP contribution in [0.2, 0.25) is 0 Å². The van der Waals surface area contributed by atoms with Gasteiger partial charge in [-0.1, -0.05) is 0 Å². The lowest BCUT2D eigenvalue weighted by molar-refractivity contribution is -0.141. The topological polar surface area (TPSA) is 97.5 Å². The van der Waals surface area contributed by atoms with Crippen molar-refractivity contribution in [3.8, 4) is 17.4 Å². The van der Waals surface area contributed by atoms with Gasteiger partial charge in [0.2, 0.25) is 11.8 Å². The number of halogens is 3. The van der Waals surface area contributed by atoms with E-state index in [1.165, 1.54) is 0 Å². The van der Waals surface area contributed by atoms with E-state index in [1.54, 1.807) is 48.8 Å². The number of alkyl halides is 3. The molecule has 4 aromatic rings. The van der Waals surface area contributed by atoms with Gasteiger partial charge in [0.25, 0.3) is 5.78 Å². The van der Waals surface area contributed by atoms with E-state index in [9.17, 15) is 18.3 Å². The van der Waals surface area contributed by atoms with Crippen molar-refractivity contribution >= 4 is 17.4 Å². The quantitative estimate of drug-likeness (QED) is 0.549. The molecule has 3 heterocycles. The Morgan fingerprint density at radius 2 is 1.64 bits per heavy atom. The number of aromatic hydroxyl groups is 1. The number of hydrogen-bond donors (Lipinski definition) is 2. The molecule has 4 rings (SSSR count). The summed E-state index contributed by atoms with van der Waals surface area (Å²) in [6.07, 6.45) is -1.49. The van der Waals surface area contributed by atoms with E-state index in [1.807, 2.05) is 0 Å². The van der Waals surface area contributed by atoms with Gasteiger partial charge in [-0.3, -0.25) is 4.98 Å². The summed E-state index contributed by atoms with van der Waals surface area (Å²) >= 11 is 0. The second kappa shape index (κ2) is 6.68. The van der Waals surface area contributed by atoms with Crippen LogP contribution in [0.5, 0.6) is 17.4 Å². The molecular weight excluding hydrogens is 377 g/mol. The third-order valence-electron chi connectivity index (χ3n) is 3.58. The Morgan fingerprint density at radius 1 is 0.964 bits per heavy atom. The number of anilines is 2. The summed E-state index contributed by atoms with van der Waals surface area (Å²) in [5, 5.41) is 16.5. The van der Waals surface area contributed by atoms with Gasteiger partial charge in [-0.15, -0.1) is 5.10 Å². The van der Waals surface area contributed by atoms with Crippen LogP contribution in [0.15, 0.2) is 54.9 Å². The van der Waals surface area contributed by atoms with Crippen molar-refractivity contribution in [3.05, 3.63) is 60.6 Å². The van der Waals surface area contributed by atoms with Crippen molar-refractivity contribution < 1.29 is 23.0 Å². The fraction of sp³-hybridized carbons (Fsp3) is 0.0588. The fourth-order valence-corrected chi connectivity index (χ4v) is 2.33. The zero-order chi connectivity index (χ0) is 19.7. The second-order valence-electron chi connectivity index (χ2n) is 5.58. The highest BCUT2D eigenvalue weighted by Gasteiger charge is 2.34. The van der Waals surface area contributed by atoms with E-state index >= 15 is 0 Å². The summed E-state index contributed by atoms with van der Waals surface area (Å²) in [6, 6.07) is 10.6. The summed E-state index contributed by atoms with van der Waals surface area (Å²) in [6.45, 7) is 0. The van der Waals surface area contributed by atoms with Crippen LogP contribution in [0.3, 0.4) is 0 Å². The van der Waals surface area contributed by atoms with E-state index < -0.39 is 17.8 Å². The maximum Gasteiger partial charge on any atom is 0.433 e. The number of ether oxygens (including phenoxy) is 1. The van der Waals surface area contributed by atoms with Crippen molar-refractivity contribution in [1.29, 1.82) is 0 Å². The molecule has 0 aliphatic rings. The van der Waals surface area contributed by atoms with Gasteiger partial charge in [0.05, 0.1) is 0 Å². The summed E-state index contributed by atoms with van der Waals surface area (Å²) in [4.78, 5) is 11.1. The SMILES string of the molecule is Oc1cc(C(F)(F)F)nc2nc(Nc3ccc(Oc4ccncc4)cc3)nn12. The van der Waals surface area contributed by atoms with Gasteiger partial charge in [0, 0.05) is 24.1 Å². The van der Waals surface area contributed by atoms with Crippen molar-refractivity contribution in [2.75, 3.05) is 5.32 Å². The minimum Gasteiger partial charge on any atom is -0.493 e. The molecule has 0 bridgehead atoms. The van der Waals surface area contributed by atoms with Crippen LogP contribution in [0.4, 0.5) is 24.8 Å². The molecule has 0 spiro atoms. The van der Waals surface area contributed by atoms with Crippen molar-refractivity contribution in [2.24, 2.45) is 0 Å². The molecule has 11 heteroatoms. The lowest BCUT2D eigenvalue weighted by atomic mass is 10.3. The first-order valence-electron chi connectivity index (χ1n) is 7.87. The lowest BCUT2D eigenvalue weighted by Gasteiger charge is -2.06. The molecule has 0 fully saturated rings. The molecule has 0 radical (unpaired) electrons. The molecule has 3 aromatic heterocycles. The molecule has 0 atom stereocenters. The Balaban J connectivity index is 1.54. The molecule has 0 aliphatic heterocycles. The molecule has 142 valence electrons. The number of benzene rings is 1. The Labute approximate surface area is 155 Å². The van der Waals surface area contributed by atoms with E-state index in [4.69, 9.17) is 4.74 Å². The molecule has 0 unspecified atom stereocenters. The Hall–Kier alpha value is -3.89. The highest BCUT2D eigenvalue weighted by Crippen LogP contribution is 2.30. The van der Waals surface area contributed by atoms with Crippen molar-refractivity contribution in [1.82, 2.24) is 24.6 Å². The number of fused-ring (bicyclic) bond motifs is 1. The van der Waals surface area contributed by atoms with Crippen LogP contribution < -0.4 is 10.1 Å². The molecular formula is C17H11F3N6O2. The van der Waals surface area contributed by atoms with E-state index in [0.29, 0.717) is 23.3 Å². The Morgan fingerprint density at radius 3 is 2.32 bits per heavy atom. The number of nitrogens with one attached hydrogen (secondary N) is 1. The van der Waals surface area contributed by atoms with Gasteiger partial charge in [-0.2, -0.15) is 22.7 Å². The van der Waals surface area contributed by atoms with Gasteiger partial charge < -0.3 is 15.2 Å². The standard InChI is InChI=1S/C17H11F3N6O2/c18-17(19,20)13-9-14(27)26-16(23-13)24-15(25-26)22-10-1-3-11(4-2-10)28-12-5-7-21-8-6-12/h1-9,27H,(H,22,25). The van der Waals surface area contributed by atoms with Crippen LogP contribution >= 0.6 is 0 Å². The van der Waals surface area contributed by atoms with Crippen LogP contribution in [0.25, 0.3) is 5.78 Å². The summed E-state index contributed by atoms with van der Waals surface area (Å²) < 4.78 is 44.8. The summed E-state index contributed by atoms with van der Waals surface area (Å²) in [7, 11) is 0. The predicted molar refractivity (Wildman–Crippen MR) is 91.5 cm³/mol. The van der Waals surface area contributed by atoms with Gasteiger partial charge in [0.1, 0.15) is 11.5 Å². The first kappa shape index (κ1) is 17.5. The maximum atomic E-state index is 12.8. The minimum atomic E-state index is -4.70. The highest BCUT2D eigenvalue weighted by molar-refractivity contribution is 5.56. The lowest BCUT2D eigenvalue weighted by Crippen LogP contribution is -2.09. The smallest absolute Gasteiger partial charge is 0.433 e. The predicted octanol–water partition coefficient (Wildman–Crippen LogP) is 3.78. The third-order valence-corrected chi connectivity index (χ3v) is 3.58. The zero-order valence-corrected chi connectivity index (χ0v) is 13.9. The monoisotopic (exact) mass is 388 g/mol. The largest absolute Gasteiger partial charge is 0.493 e. The number of rotatable bonds is 4. The van der Waals surface area contributed by atoms with Crippen LogP contribution in [0, 0.1) is 0 Å². The van der Waals surface area contributed by atoms with E-state index in [0.717, 1.165) is 4.52 Å². The van der Waals surface area contributed by atoms with Gasteiger partial charge >= 0.3 is 6.18 Å². The molecule has 0 saturated heterocycles. The second-order valence-corrected chi connectivity index (χ2v) is 5.58.